The van der Waals surface area contributed by atoms with Gasteiger partial charge in [-0.15, -0.1) is 0 Å². The van der Waals surface area contributed by atoms with Crippen molar-refractivity contribution in [3.05, 3.63) is 167 Å². The molecule has 0 saturated carbocycles. The summed E-state index contributed by atoms with van der Waals surface area (Å²) in [4.78, 5) is 5.20. The number of hydrogen-bond acceptors (Lipinski definition) is 2. The number of nitrogens with one attached hydrogen (secondary N) is 1. The quantitative estimate of drug-likeness (QED) is 0.109. The lowest BCUT2D eigenvalue weighted by molar-refractivity contribution is 0.330. The van der Waals surface area contributed by atoms with Gasteiger partial charge in [0.1, 0.15) is 5.84 Å². The summed E-state index contributed by atoms with van der Waals surface area (Å²) in [6, 6.07) is 43.6. The van der Waals surface area contributed by atoms with E-state index in [-0.39, 0.29) is 5.41 Å². The maximum atomic E-state index is 5.20. The van der Waals surface area contributed by atoms with Gasteiger partial charge in [0.15, 0.2) is 0 Å². The maximum Gasteiger partial charge on any atom is 0.145 e. The van der Waals surface area contributed by atoms with Crippen LogP contribution in [0, 0.1) is 5.92 Å². The lowest BCUT2D eigenvalue weighted by Crippen LogP contribution is -2.40. The van der Waals surface area contributed by atoms with Crippen molar-refractivity contribution >= 4 is 33.2 Å². The van der Waals surface area contributed by atoms with Crippen LogP contribution in [0.5, 0.6) is 0 Å². The van der Waals surface area contributed by atoms with E-state index >= 15 is 0 Å². The van der Waals surface area contributed by atoms with E-state index in [9.17, 15) is 0 Å². The number of allylic oxidation sites excluding steroid dienone is 4. The number of amidine groups is 1. The summed E-state index contributed by atoms with van der Waals surface area (Å²) >= 11 is 0. The molecular weight excluding hydrogens is 585 g/mol. The molecule has 48 heavy (non-hydrogen) atoms. The van der Waals surface area contributed by atoms with Crippen LogP contribution < -0.4 is 5.43 Å². The van der Waals surface area contributed by atoms with E-state index in [1.54, 1.807) is 0 Å². The normalized spacial score (nSPS) is 16.8. The molecule has 5 aromatic carbocycles. The van der Waals surface area contributed by atoms with Gasteiger partial charge >= 0.3 is 0 Å². The van der Waals surface area contributed by atoms with Gasteiger partial charge in [-0.25, -0.2) is 5.43 Å². The van der Waals surface area contributed by atoms with Crippen molar-refractivity contribution in [1.29, 1.82) is 0 Å². The number of hydrogen-bond donors (Lipinski definition) is 1. The molecule has 238 valence electrons. The Morgan fingerprint density at radius 3 is 2.27 bits per heavy atom. The van der Waals surface area contributed by atoms with Gasteiger partial charge in [0.05, 0.1) is 24.1 Å². The van der Waals surface area contributed by atoms with Gasteiger partial charge in [-0.1, -0.05) is 136 Å². The fraction of sp³-hybridized carbons (Fsp3) is 0.205. The molecule has 4 heteroatoms. The van der Waals surface area contributed by atoms with Crippen LogP contribution >= 0.6 is 0 Å². The van der Waals surface area contributed by atoms with Gasteiger partial charge in [-0.3, -0.25) is 10.0 Å². The molecule has 4 nitrogen and oxygen atoms in total. The Morgan fingerprint density at radius 1 is 0.812 bits per heavy atom. The first kappa shape index (κ1) is 30.2. The molecule has 1 atom stereocenters. The van der Waals surface area contributed by atoms with Crippen LogP contribution in [0.25, 0.3) is 33.1 Å². The molecule has 6 aromatic rings. The van der Waals surface area contributed by atoms with Crippen LogP contribution in [0.4, 0.5) is 0 Å². The second-order valence-corrected chi connectivity index (χ2v) is 13.7. The average molecular weight is 627 g/mol. The van der Waals surface area contributed by atoms with Crippen LogP contribution in [0.2, 0.25) is 0 Å². The second kappa shape index (κ2) is 12.1. The van der Waals surface area contributed by atoms with Crippen LogP contribution in [-0.2, 0) is 18.5 Å². The van der Waals surface area contributed by atoms with Gasteiger partial charge in [0, 0.05) is 34.5 Å². The van der Waals surface area contributed by atoms with E-state index in [2.05, 4.69) is 169 Å². The molecule has 0 radical (unpaired) electrons. The Balaban J connectivity index is 1.20. The van der Waals surface area contributed by atoms with Crippen LogP contribution in [0.3, 0.4) is 0 Å². The second-order valence-electron chi connectivity index (χ2n) is 13.7. The Morgan fingerprint density at radius 2 is 1.52 bits per heavy atom. The minimum Gasteiger partial charge on any atom is -0.309 e. The van der Waals surface area contributed by atoms with Gasteiger partial charge < -0.3 is 4.57 Å². The Kier molecular flexibility index (Phi) is 7.61. The predicted octanol–water partition coefficient (Wildman–Crippen LogP) is 10.0. The van der Waals surface area contributed by atoms with E-state index in [4.69, 9.17) is 4.99 Å². The molecule has 8 rings (SSSR count). The highest BCUT2D eigenvalue weighted by Crippen LogP contribution is 2.55. The first-order chi connectivity index (χ1) is 23.5. The third-order valence-corrected chi connectivity index (χ3v) is 10.3. The van der Waals surface area contributed by atoms with Crippen LogP contribution in [0.15, 0.2) is 144 Å². The van der Waals surface area contributed by atoms with E-state index in [1.165, 1.54) is 60.9 Å². The van der Waals surface area contributed by atoms with Crippen molar-refractivity contribution < 1.29 is 0 Å². The highest BCUT2D eigenvalue weighted by molar-refractivity contribution is 6.12. The highest BCUT2D eigenvalue weighted by Gasteiger charge is 2.41. The van der Waals surface area contributed by atoms with Gasteiger partial charge in [-0.05, 0) is 63.9 Å². The summed E-state index contributed by atoms with van der Waals surface area (Å²) in [5.41, 5.74) is 16.4. The molecule has 0 amide bonds. The fourth-order valence-electron chi connectivity index (χ4n) is 8.00. The highest BCUT2D eigenvalue weighted by atomic mass is 15.5. The minimum atomic E-state index is -0.0804. The van der Waals surface area contributed by atoms with Crippen molar-refractivity contribution in [3.63, 3.8) is 0 Å². The smallest absolute Gasteiger partial charge is 0.145 e. The van der Waals surface area contributed by atoms with Crippen LogP contribution in [0.1, 0.15) is 55.0 Å². The summed E-state index contributed by atoms with van der Waals surface area (Å²) in [6.07, 6.45) is 5.86. The summed E-state index contributed by atoms with van der Waals surface area (Å²) in [7, 11) is 1.96. The van der Waals surface area contributed by atoms with E-state index in [0.29, 0.717) is 19.0 Å². The zero-order valence-electron chi connectivity index (χ0n) is 28.2. The zero-order valence-corrected chi connectivity index (χ0v) is 28.2. The number of fused-ring (bicyclic) bond motifs is 6. The van der Waals surface area contributed by atoms with Crippen molar-refractivity contribution in [2.24, 2.45) is 10.9 Å². The molecule has 0 spiro atoms. The van der Waals surface area contributed by atoms with Gasteiger partial charge in [0.25, 0.3) is 0 Å². The summed E-state index contributed by atoms with van der Waals surface area (Å²) in [6.45, 7) is 8.50. The van der Waals surface area contributed by atoms with Gasteiger partial charge in [-0.2, -0.15) is 0 Å². The van der Waals surface area contributed by atoms with E-state index < -0.39 is 0 Å². The largest absolute Gasteiger partial charge is 0.309 e. The molecule has 2 aliphatic rings. The number of nitrogens with zero attached hydrogens (tertiary/aromatic N) is 3. The monoisotopic (exact) mass is 626 g/mol. The molecule has 0 aliphatic heterocycles. The Hall–Kier alpha value is -5.19. The van der Waals surface area contributed by atoms with E-state index in [0.717, 1.165) is 17.8 Å². The lowest BCUT2D eigenvalue weighted by atomic mass is 9.78. The van der Waals surface area contributed by atoms with Gasteiger partial charge in [0.2, 0.25) is 0 Å². The minimum absolute atomic E-state index is 0.0804. The molecule has 1 unspecified atom stereocenters. The SMILES string of the molecule is CNN(Cc1ccccc1)C(=NCc1ccc(-n2c3ccccc3c3ccc4c(c32)C(C)(C)C2=C4C(C)CC=C2)cc1)c1ccccc1. The topological polar surface area (TPSA) is 32.6 Å². The molecule has 0 fully saturated rings. The van der Waals surface area contributed by atoms with Crippen LogP contribution in [-0.4, -0.2) is 22.5 Å². The van der Waals surface area contributed by atoms with E-state index in [1.807, 2.05) is 7.05 Å². The summed E-state index contributed by atoms with van der Waals surface area (Å²) < 4.78 is 2.50. The number of rotatable bonds is 7. The van der Waals surface area contributed by atoms with Crippen molar-refractivity contribution in [2.75, 3.05) is 7.05 Å². The van der Waals surface area contributed by atoms with Crippen molar-refractivity contribution in [1.82, 2.24) is 15.0 Å². The summed E-state index contributed by atoms with van der Waals surface area (Å²) in [5, 5.41) is 4.75. The lowest BCUT2D eigenvalue weighted by Gasteiger charge is -2.26. The molecule has 1 N–H and O–H groups in total. The number of benzene rings is 5. The first-order valence-corrected chi connectivity index (χ1v) is 17.1. The first-order valence-electron chi connectivity index (χ1n) is 17.1. The number of aromatic nitrogens is 1. The number of para-hydroxylation sites is 1. The average Bonchev–Trinajstić information content (AvgIpc) is 3.58. The third-order valence-electron chi connectivity index (χ3n) is 10.3. The molecule has 0 bridgehead atoms. The maximum absolute atomic E-state index is 5.20. The van der Waals surface area contributed by atoms with Crippen molar-refractivity contribution in [2.45, 2.75) is 45.7 Å². The molecular formula is C44H42N4. The van der Waals surface area contributed by atoms with Crippen molar-refractivity contribution in [3.8, 4) is 5.69 Å². The molecule has 1 heterocycles. The standard InChI is InChI=1S/C44H42N4/c1-30-14-13-20-38-40(30)37-27-26-36-35-19-11-12-21-39(35)48(42(36)41(37)44(38,2)3)34-24-22-31(23-25-34)28-46-43(33-17-9-6-10-18-33)47(45-4)29-32-15-7-5-8-16-32/h5-13,15-27,30,45H,14,28-29H2,1-4H3. The molecule has 1 aromatic heterocycles. The molecule has 0 saturated heterocycles. The Bertz CT molecular complexity index is 2220. The predicted molar refractivity (Wildman–Crippen MR) is 201 cm³/mol. The number of hydrazine groups is 1. The zero-order chi connectivity index (χ0) is 32.8. The third kappa shape index (κ3) is 4.99. The molecule has 2 aliphatic carbocycles. The Labute approximate surface area is 283 Å². The summed E-state index contributed by atoms with van der Waals surface area (Å²) in [5.74, 6) is 1.44. The fourth-order valence-corrected chi connectivity index (χ4v) is 8.00. The number of aliphatic imine (C=N–C) groups is 1.